The molecule has 0 unspecified atom stereocenters. The molecule has 0 radical (unpaired) electrons. The SMILES string of the molecule is c1ccc2c(c1)OCCOCCOCCOc1ccccc1SCCOCCOCCS2. The molecule has 1 aliphatic rings. The average molecular weight is 481 g/mol. The molecule has 0 saturated heterocycles. The number of rotatable bonds is 0. The van der Waals surface area contributed by atoms with E-state index in [0.717, 1.165) is 32.8 Å². The largest absolute Gasteiger partial charge is 0.490 e. The van der Waals surface area contributed by atoms with Crippen molar-refractivity contribution in [2.45, 2.75) is 9.79 Å². The predicted octanol–water partition coefficient (Wildman–Crippen LogP) is 4.41. The lowest BCUT2D eigenvalue weighted by molar-refractivity contribution is 0.0269. The van der Waals surface area contributed by atoms with Gasteiger partial charge in [-0.15, -0.1) is 23.5 Å². The van der Waals surface area contributed by atoms with Gasteiger partial charge in [-0.25, -0.2) is 0 Å². The van der Waals surface area contributed by atoms with Crippen LogP contribution in [0.15, 0.2) is 58.3 Å². The van der Waals surface area contributed by atoms with Gasteiger partial charge in [0.2, 0.25) is 0 Å². The van der Waals surface area contributed by atoms with Crippen LogP contribution in [0, 0.1) is 0 Å². The summed E-state index contributed by atoms with van der Waals surface area (Å²) in [5.41, 5.74) is 0. The molecule has 1 aliphatic heterocycles. The highest BCUT2D eigenvalue weighted by molar-refractivity contribution is 7.99. The monoisotopic (exact) mass is 480 g/mol. The third-order valence-electron chi connectivity index (χ3n) is 4.38. The highest BCUT2D eigenvalue weighted by Gasteiger charge is 2.06. The Balaban J connectivity index is 1.44. The van der Waals surface area contributed by atoms with Gasteiger partial charge in [-0.1, -0.05) is 24.3 Å². The molecule has 3 rings (SSSR count). The Morgan fingerprint density at radius 2 is 0.812 bits per heavy atom. The van der Waals surface area contributed by atoms with Crippen molar-refractivity contribution in [1.82, 2.24) is 0 Å². The number of thioether (sulfide) groups is 2. The number of para-hydroxylation sites is 2. The first kappa shape index (κ1) is 25.2. The maximum Gasteiger partial charge on any atom is 0.132 e. The summed E-state index contributed by atoms with van der Waals surface area (Å²) in [6, 6.07) is 16.1. The van der Waals surface area contributed by atoms with E-state index >= 15 is 0 Å². The highest BCUT2D eigenvalue weighted by Crippen LogP contribution is 2.29. The van der Waals surface area contributed by atoms with E-state index in [1.165, 1.54) is 0 Å². The zero-order valence-corrected chi connectivity index (χ0v) is 20.0. The van der Waals surface area contributed by atoms with Crippen molar-refractivity contribution in [3.8, 4) is 11.5 Å². The Kier molecular flexibility index (Phi) is 12.8. The van der Waals surface area contributed by atoms with Crippen molar-refractivity contribution in [3.05, 3.63) is 48.5 Å². The molecular formula is C24H32O6S2. The number of hydrogen-bond acceptors (Lipinski definition) is 8. The second kappa shape index (κ2) is 16.2. The Morgan fingerprint density at radius 3 is 1.28 bits per heavy atom. The number of fused-ring (bicyclic) bond motifs is 2. The van der Waals surface area contributed by atoms with Crippen LogP contribution in [0.4, 0.5) is 0 Å². The molecule has 0 atom stereocenters. The second-order valence-corrected chi connectivity index (χ2v) is 9.01. The minimum Gasteiger partial charge on any atom is -0.490 e. The molecule has 0 fully saturated rings. The van der Waals surface area contributed by atoms with Crippen molar-refractivity contribution in [1.29, 1.82) is 0 Å². The molecule has 176 valence electrons. The summed E-state index contributed by atoms with van der Waals surface area (Å²) < 4.78 is 34.4. The van der Waals surface area contributed by atoms with Crippen LogP contribution in [0.1, 0.15) is 0 Å². The van der Waals surface area contributed by atoms with E-state index in [1.54, 1.807) is 23.5 Å². The van der Waals surface area contributed by atoms with Crippen molar-refractivity contribution >= 4 is 23.5 Å². The number of benzene rings is 2. The van der Waals surface area contributed by atoms with Crippen molar-refractivity contribution in [2.75, 3.05) is 77.6 Å². The fourth-order valence-electron chi connectivity index (χ4n) is 2.86. The van der Waals surface area contributed by atoms with Crippen LogP contribution < -0.4 is 9.47 Å². The molecule has 1 heterocycles. The Labute approximate surface area is 199 Å². The fraction of sp³-hybridized carbons (Fsp3) is 0.500. The minimum absolute atomic E-state index is 0.503. The summed E-state index contributed by atoms with van der Waals surface area (Å²) in [5, 5.41) is 0. The predicted molar refractivity (Wildman–Crippen MR) is 129 cm³/mol. The topological polar surface area (TPSA) is 55.4 Å². The summed E-state index contributed by atoms with van der Waals surface area (Å²) in [7, 11) is 0. The van der Waals surface area contributed by atoms with Gasteiger partial charge in [0.1, 0.15) is 24.7 Å². The van der Waals surface area contributed by atoms with E-state index in [1.807, 2.05) is 36.4 Å². The van der Waals surface area contributed by atoms with Gasteiger partial charge in [-0.3, -0.25) is 0 Å². The van der Waals surface area contributed by atoms with Crippen LogP contribution in [-0.2, 0) is 18.9 Å². The van der Waals surface area contributed by atoms with Crippen LogP contribution >= 0.6 is 23.5 Å². The summed E-state index contributed by atoms with van der Waals surface area (Å²) in [4.78, 5) is 2.23. The molecule has 0 N–H and O–H groups in total. The smallest absolute Gasteiger partial charge is 0.132 e. The molecular weight excluding hydrogens is 448 g/mol. The van der Waals surface area contributed by atoms with Gasteiger partial charge in [0, 0.05) is 21.3 Å². The summed E-state index contributed by atoms with van der Waals surface area (Å²) in [6.07, 6.45) is 0. The lowest BCUT2D eigenvalue weighted by Gasteiger charge is -2.13. The maximum absolute atomic E-state index is 5.89. The molecule has 0 aromatic heterocycles. The zero-order chi connectivity index (χ0) is 22.1. The summed E-state index contributed by atoms with van der Waals surface area (Å²) in [5.74, 6) is 3.48. The quantitative estimate of drug-likeness (QED) is 0.550. The van der Waals surface area contributed by atoms with Crippen molar-refractivity contribution in [2.24, 2.45) is 0 Å². The molecule has 2 aromatic rings. The van der Waals surface area contributed by atoms with Crippen molar-refractivity contribution in [3.63, 3.8) is 0 Å². The average Bonchev–Trinajstić information content (AvgIpc) is 2.82. The molecule has 8 heteroatoms. The van der Waals surface area contributed by atoms with Gasteiger partial charge in [0.25, 0.3) is 0 Å². The molecule has 2 aromatic carbocycles. The Bertz CT molecular complexity index is 635. The molecule has 0 amide bonds. The van der Waals surface area contributed by atoms with E-state index in [0.29, 0.717) is 66.1 Å². The van der Waals surface area contributed by atoms with E-state index in [2.05, 4.69) is 12.1 Å². The first-order chi connectivity index (χ1) is 15.9. The fourth-order valence-corrected chi connectivity index (χ4v) is 4.59. The van der Waals surface area contributed by atoms with E-state index in [4.69, 9.17) is 28.4 Å². The van der Waals surface area contributed by atoms with Gasteiger partial charge in [0.05, 0.1) is 52.9 Å². The van der Waals surface area contributed by atoms with E-state index < -0.39 is 0 Å². The van der Waals surface area contributed by atoms with Gasteiger partial charge < -0.3 is 28.4 Å². The molecule has 32 heavy (non-hydrogen) atoms. The molecule has 6 nitrogen and oxygen atoms in total. The third kappa shape index (κ3) is 10.0. The van der Waals surface area contributed by atoms with Crippen LogP contribution in [0.5, 0.6) is 11.5 Å². The standard InChI is InChI=1S/C24H32O6S2/c1-3-7-23-21(5-1)29-15-13-25-9-10-26-14-16-30-22-6-2-4-8-24(22)32-20-18-28-12-11-27-17-19-31-23/h1-8H,9-20H2. The van der Waals surface area contributed by atoms with Gasteiger partial charge >= 0.3 is 0 Å². The van der Waals surface area contributed by atoms with Crippen LogP contribution in [-0.4, -0.2) is 77.6 Å². The van der Waals surface area contributed by atoms with Crippen molar-refractivity contribution < 1.29 is 28.4 Å². The second-order valence-electron chi connectivity index (χ2n) is 6.74. The first-order valence-corrected chi connectivity index (χ1v) is 12.9. The molecule has 0 saturated carbocycles. The zero-order valence-electron chi connectivity index (χ0n) is 18.4. The lowest BCUT2D eigenvalue weighted by atomic mass is 10.3. The highest BCUT2D eigenvalue weighted by atomic mass is 32.2. The molecule has 0 spiro atoms. The minimum atomic E-state index is 0.503. The summed E-state index contributed by atoms with van der Waals surface area (Å²) in [6.45, 7) is 5.65. The van der Waals surface area contributed by atoms with Gasteiger partial charge in [0.15, 0.2) is 0 Å². The Hall–Kier alpha value is -1.42. The molecule has 0 bridgehead atoms. The summed E-state index contributed by atoms with van der Waals surface area (Å²) >= 11 is 3.46. The molecule has 0 aliphatic carbocycles. The third-order valence-corrected chi connectivity index (χ3v) is 6.42. The first-order valence-electron chi connectivity index (χ1n) is 10.9. The maximum atomic E-state index is 5.89. The lowest BCUT2D eigenvalue weighted by Crippen LogP contribution is -2.14. The van der Waals surface area contributed by atoms with Gasteiger partial charge in [-0.05, 0) is 24.3 Å². The Morgan fingerprint density at radius 1 is 0.438 bits per heavy atom. The number of hydrogen-bond donors (Lipinski definition) is 0. The van der Waals surface area contributed by atoms with E-state index in [-0.39, 0.29) is 0 Å². The van der Waals surface area contributed by atoms with Crippen LogP contribution in [0.3, 0.4) is 0 Å². The van der Waals surface area contributed by atoms with Gasteiger partial charge in [-0.2, -0.15) is 0 Å². The van der Waals surface area contributed by atoms with Crippen LogP contribution in [0.25, 0.3) is 0 Å². The van der Waals surface area contributed by atoms with E-state index in [9.17, 15) is 0 Å². The van der Waals surface area contributed by atoms with Crippen LogP contribution in [0.2, 0.25) is 0 Å². The normalized spacial score (nSPS) is 18.8. The number of ether oxygens (including phenoxy) is 6.